The van der Waals surface area contributed by atoms with Crippen molar-refractivity contribution >= 4 is 28.3 Å². The monoisotopic (exact) mass is 331 g/mol. The molecule has 0 amide bonds. The van der Waals surface area contributed by atoms with Crippen molar-refractivity contribution in [1.82, 2.24) is 19.5 Å². The predicted molar refractivity (Wildman–Crippen MR) is 88.0 cm³/mol. The highest BCUT2D eigenvalue weighted by Crippen LogP contribution is 2.32. The van der Waals surface area contributed by atoms with Crippen molar-refractivity contribution in [3.63, 3.8) is 0 Å². The van der Waals surface area contributed by atoms with Crippen LogP contribution in [-0.4, -0.2) is 37.3 Å². The fourth-order valence-electron chi connectivity index (χ4n) is 2.84. The number of thiophene rings is 1. The van der Waals surface area contributed by atoms with E-state index in [1.54, 1.807) is 17.7 Å². The van der Waals surface area contributed by atoms with Gasteiger partial charge in [-0.2, -0.15) is 0 Å². The summed E-state index contributed by atoms with van der Waals surface area (Å²) in [6.07, 6.45) is 3.01. The van der Waals surface area contributed by atoms with Crippen LogP contribution in [0.3, 0.4) is 0 Å². The molecule has 0 aliphatic carbocycles. The van der Waals surface area contributed by atoms with Gasteiger partial charge in [0, 0.05) is 4.88 Å². The summed E-state index contributed by atoms with van der Waals surface area (Å²) in [6.45, 7) is 2.07. The molecular formula is C15H17N5O2S. The van der Waals surface area contributed by atoms with Crippen molar-refractivity contribution < 1.29 is 9.84 Å². The maximum absolute atomic E-state index is 9.24. The summed E-state index contributed by atoms with van der Waals surface area (Å²) in [5, 5.41) is 9.24. The molecular weight excluding hydrogens is 314 g/mol. The summed E-state index contributed by atoms with van der Waals surface area (Å²) >= 11 is 1.63. The van der Waals surface area contributed by atoms with Crippen molar-refractivity contribution in [2.45, 2.75) is 32.1 Å². The molecule has 1 aliphatic heterocycles. The SMILES string of the molecule is Cc1ccc(-c2nc(N)c3ncn([C@H]4CC[C@H](CO)O4)c3n2)s1. The second kappa shape index (κ2) is 5.55. The number of hydrogen-bond donors (Lipinski definition) is 2. The van der Waals surface area contributed by atoms with Gasteiger partial charge >= 0.3 is 0 Å². The van der Waals surface area contributed by atoms with Crippen molar-refractivity contribution in [1.29, 1.82) is 0 Å². The van der Waals surface area contributed by atoms with Gasteiger partial charge in [0.25, 0.3) is 0 Å². The van der Waals surface area contributed by atoms with Crippen LogP contribution in [-0.2, 0) is 4.74 Å². The van der Waals surface area contributed by atoms with Gasteiger partial charge in [-0.15, -0.1) is 11.3 Å². The molecule has 1 saturated heterocycles. The topological polar surface area (TPSA) is 99.1 Å². The Morgan fingerprint density at radius 2 is 2.26 bits per heavy atom. The number of aromatic nitrogens is 4. The number of hydrogen-bond acceptors (Lipinski definition) is 7. The largest absolute Gasteiger partial charge is 0.394 e. The number of nitrogens with two attached hydrogens (primary N) is 1. The molecule has 3 aromatic rings. The van der Waals surface area contributed by atoms with Gasteiger partial charge in [0.05, 0.1) is 23.9 Å². The van der Waals surface area contributed by atoms with Crippen LogP contribution in [0.25, 0.3) is 21.9 Å². The molecule has 0 radical (unpaired) electrons. The lowest BCUT2D eigenvalue weighted by Gasteiger charge is -2.14. The number of aliphatic hydroxyl groups excluding tert-OH is 1. The Labute approximate surface area is 136 Å². The molecule has 8 heteroatoms. The van der Waals surface area contributed by atoms with Crippen LogP contribution in [0.2, 0.25) is 0 Å². The molecule has 23 heavy (non-hydrogen) atoms. The zero-order valence-corrected chi connectivity index (χ0v) is 13.5. The maximum Gasteiger partial charge on any atom is 0.173 e. The number of fused-ring (bicyclic) bond motifs is 1. The lowest BCUT2D eigenvalue weighted by Crippen LogP contribution is -2.14. The first-order valence-corrected chi connectivity index (χ1v) is 8.30. The average Bonchev–Trinajstić information content (AvgIpc) is 3.24. The molecule has 2 atom stereocenters. The first-order chi connectivity index (χ1) is 11.2. The van der Waals surface area contributed by atoms with E-state index in [2.05, 4.69) is 15.0 Å². The van der Waals surface area contributed by atoms with Crippen molar-refractivity contribution in [3.05, 3.63) is 23.3 Å². The highest BCUT2D eigenvalue weighted by molar-refractivity contribution is 7.15. The normalized spacial score (nSPS) is 21.3. The van der Waals surface area contributed by atoms with Gasteiger partial charge < -0.3 is 15.6 Å². The van der Waals surface area contributed by atoms with Crippen LogP contribution in [0.5, 0.6) is 0 Å². The Balaban J connectivity index is 1.79. The highest BCUT2D eigenvalue weighted by Gasteiger charge is 2.28. The van der Waals surface area contributed by atoms with E-state index in [-0.39, 0.29) is 18.9 Å². The summed E-state index contributed by atoms with van der Waals surface area (Å²) in [6, 6.07) is 4.03. The first kappa shape index (κ1) is 14.6. The fraction of sp³-hybridized carbons (Fsp3) is 0.400. The van der Waals surface area contributed by atoms with Crippen LogP contribution >= 0.6 is 11.3 Å². The fourth-order valence-corrected chi connectivity index (χ4v) is 3.64. The Kier molecular flexibility index (Phi) is 3.51. The molecule has 0 aromatic carbocycles. The minimum atomic E-state index is -0.177. The third kappa shape index (κ3) is 2.48. The molecule has 1 fully saturated rings. The van der Waals surface area contributed by atoms with E-state index in [1.807, 2.05) is 23.6 Å². The smallest absolute Gasteiger partial charge is 0.173 e. The summed E-state index contributed by atoms with van der Waals surface area (Å²) in [7, 11) is 0. The lowest BCUT2D eigenvalue weighted by atomic mass is 10.2. The molecule has 3 N–H and O–H groups in total. The van der Waals surface area contributed by atoms with E-state index >= 15 is 0 Å². The van der Waals surface area contributed by atoms with Crippen LogP contribution in [0, 0.1) is 6.92 Å². The lowest BCUT2D eigenvalue weighted by molar-refractivity contribution is -0.0207. The van der Waals surface area contributed by atoms with Crippen LogP contribution in [0.1, 0.15) is 23.9 Å². The van der Waals surface area contributed by atoms with E-state index in [4.69, 9.17) is 10.5 Å². The molecule has 4 heterocycles. The Morgan fingerprint density at radius 1 is 1.39 bits per heavy atom. The van der Waals surface area contributed by atoms with Crippen molar-refractivity contribution in [2.75, 3.05) is 12.3 Å². The molecule has 0 unspecified atom stereocenters. The molecule has 120 valence electrons. The summed E-state index contributed by atoms with van der Waals surface area (Å²) < 4.78 is 7.71. The van der Waals surface area contributed by atoms with E-state index in [9.17, 15) is 5.11 Å². The zero-order chi connectivity index (χ0) is 16.0. The molecule has 0 spiro atoms. The second-order valence-corrected chi connectivity index (χ2v) is 6.93. The van der Waals surface area contributed by atoms with Crippen molar-refractivity contribution in [3.8, 4) is 10.7 Å². The minimum absolute atomic E-state index is 0.0278. The Morgan fingerprint density at radius 3 is 2.96 bits per heavy atom. The van der Waals surface area contributed by atoms with Gasteiger partial charge in [0.15, 0.2) is 17.3 Å². The number of aryl methyl sites for hydroxylation is 1. The van der Waals surface area contributed by atoms with Gasteiger partial charge in [-0.3, -0.25) is 4.57 Å². The zero-order valence-electron chi connectivity index (χ0n) is 12.6. The van der Waals surface area contributed by atoms with E-state index in [0.29, 0.717) is 22.8 Å². The van der Waals surface area contributed by atoms with Crippen molar-refractivity contribution in [2.24, 2.45) is 0 Å². The number of imidazole rings is 1. The molecule has 3 aromatic heterocycles. The third-order valence-electron chi connectivity index (χ3n) is 4.01. The number of anilines is 1. The van der Waals surface area contributed by atoms with Gasteiger partial charge in [-0.1, -0.05) is 0 Å². The van der Waals surface area contributed by atoms with E-state index in [1.165, 1.54) is 4.88 Å². The maximum atomic E-state index is 9.24. The van der Waals surface area contributed by atoms with Gasteiger partial charge in [0.2, 0.25) is 0 Å². The number of aliphatic hydroxyl groups is 1. The molecule has 0 bridgehead atoms. The standard InChI is InChI=1S/C15H17N5O2S/c1-8-2-4-10(23-8)14-18-13(16)12-15(19-14)20(7-17-12)11-5-3-9(6-21)22-11/h2,4,7,9,11,21H,3,5-6H2,1H3,(H2,16,18,19)/t9-,11-/m1/s1. The minimum Gasteiger partial charge on any atom is -0.394 e. The van der Waals surface area contributed by atoms with Gasteiger partial charge in [-0.05, 0) is 31.9 Å². The number of ether oxygens (including phenoxy) is 1. The summed E-state index contributed by atoms with van der Waals surface area (Å²) in [5.74, 6) is 0.970. The quantitative estimate of drug-likeness (QED) is 0.762. The van der Waals surface area contributed by atoms with Gasteiger partial charge in [0.1, 0.15) is 11.7 Å². The number of nitrogen functional groups attached to an aromatic ring is 1. The summed E-state index contributed by atoms with van der Waals surface area (Å²) in [5.41, 5.74) is 7.31. The van der Waals surface area contributed by atoms with Crippen LogP contribution < -0.4 is 5.73 Å². The molecule has 7 nitrogen and oxygen atoms in total. The first-order valence-electron chi connectivity index (χ1n) is 7.49. The average molecular weight is 331 g/mol. The number of nitrogens with zero attached hydrogens (tertiary/aromatic N) is 4. The van der Waals surface area contributed by atoms with E-state index in [0.717, 1.165) is 17.7 Å². The highest BCUT2D eigenvalue weighted by atomic mass is 32.1. The van der Waals surface area contributed by atoms with E-state index < -0.39 is 0 Å². The molecule has 4 rings (SSSR count). The van der Waals surface area contributed by atoms with Gasteiger partial charge in [-0.25, -0.2) is 15.0 Å². The second-order valence-electron chi connectivity index (χ2n) is 5.64. The predicted octanol–water partition coefficient (Wildman–Crippen LogP) is 2.12. The summed E-state index contributed by atoms with van der Waals surface area (Å²) in [4.78, 5) is 15.5. The Hall–Kier alpha value is -2.03. The third-order valence-corrected chi connectivity index (χ3v) is 5.00. The van der Waals surface area contributed by atoms with Crippen LogP contribution in [0.4, 0.5) is 5.82 Å². The molecule has 1 aliphatic rings. The molecule has 0 saturated carbocycles. The Bertz CT molecular complexity index is 859. The number of rotatable bonds is 3. The van der Waals surface area contributed by atoms with Crippen LogP contribution in [0.15, 0.2) is 18.5 Å².